The lowest BCUT2D eigenvalue weighted by Gasteiger charge is -2.20. The molecule has 2 N–H and O–H groups in total. The average molecular weight is 391 g/mol. The number of likely N-dealkylation sites (tertiary alicyclic amines) is 1. The molecule has 1 atom stereocenters. The molecule has 1 amide bonds. The first kappa shape index (κ1) is 21.9. The predicted octanol–water partition coefficient (Wildman–Crippen LogP) is 2.06. The highest BCUT2D eigenvalue weighted by Gasteiger charge is 2.27. The van der Waals surface area contributed by atoms with Crippen molar-refractivity contribution in [1.29, 1.82) is 0 Å². The van der Waals surface area contributed by atoms with Crippen LogP contribution in [0.1, 0.15) is 32.8 Å². The first-order valence-electron chi connectivity index (χ1n) is 10.0. The normalized spacial score (nSPS) is 17.0. The van der Waals surface area contributed by atoms with Crippen molar-refractivity contribution >= 4 is 11.9 Å². The minimum Gasteiger partial charge on any atom is -0.497 e. The minimum atomic E-state index is 0.0403. The third-order valence-corrected chi connectivity index (χ3v) is 4.82. The molecule has 1 aromatic carbocycles. The molecule has 1 unspecified atom stereocenters. The second-order valence-corrected chi connectivity index (χ2v) is 7.26. The van der Waals surface area contributed by atoms with Gasteiger partial charge in [0.1, 0.15) is 11.5 Å². The molecule has 28 heavy (non-hydrogen) atoms. The fraction of sp³-hybridized carbons (Fsp3) is 0.619. The van der Waals surface area contributed by atoms with Crippen LogP contribution >= 0.6 is 0 Å². The maximum atomic E-state index is 12.2. The van der Waals surface area contributed by atoms with Gasteiger partial charge in [0.15, 0.2) is 5.96 Å². The topological polar surface area (TPSA) is 75.2 Å². The van der Waals surface area contributed by atoms with Crippen molar-refractivity contribution in [3.8, 4) is 11.5 Å². The molecular weight excluding hydrogens is 356 g/mol. The molecule has 1 aliphatic heterocycles. The smallest absolute Gasteiger partial charge is 0.225 e. The molecule has 0 radical (unpaired) electrons. The summed E-state index contributed by atoms with van der Waals surface area (Å²) in [6.45, 7) is 8.88. The number of ether oxygens (including phenoxy) is 2. The molecule has 0 aromatic heterocycles. The van der Waals surface area contributed by atoms with Gasteiger partial charge in [-0.15, -0.1) is 0 Å². The van der Waals surface area contributed by atoms with Crippen LogP contribution in [-0.2, 0) is 11.2 Å². The fourth-order valence-electron chi connectivity index (χ4n) is 3.32. The van der Waals surface area contributed by atoms with Gasteiger partial charge in [-0.3, -0.25) is 9.79 Å². The lowest BCUT2D eigenvalue weighted by molar-refractivity contribution is -0.133. The monoisotopic (exact) mass is 390 g/mol. The van der Waals surface area contributed by atoms with Crippen molar-refractivity contribution in [2.24, 2.45) is 10.9 Å². The number of benzene rings is 1. The Morgan fingerprint density at radius 2 is 2.11 bits per heavy atom. The van der Waals surface area contributed by atoms with E-state index in [1.54, 1.807) is 14.2 Å². The number of carbonyl (C=O) groups is 1. The second-order valence-electron chi connectivity index (χ2n) is 7.26. The van der Waals surface area contributed by atoms with E-state index in [1.165, 1.54) is 0 Å². The quantitative estimate of drug-likeness (QED) is 0.525. The Hall–Kier alpha value is -2.44. The first-order valence-corrected chi connectivity index (χ1v) is 10.0. The highest BCUT2D eigenvalue weighted by Crippen LogP contribution is 2.24. The van der Waals surface area contributed by atoms with E-state index >= 15 is 0 Å². The summed E-state index contributed by atoms with van der Waals surface area (Å²) in [5, 5.41) is 6.76. The molecule has 0 saturated carbocycles. The van der Waals surface area contributed by atoms with Crippen LogP contribution in [-0.4, -0.2) is 63.2 Å². The third-order valence-electron chi connectivity index (χ3n) is 4.82. The molecule has 7 nitrogen and oxygen atoms in total. The minimum absolute atomic E-state index is 0.0403. The fourth-order valence-corrected chi connectivity index (χ4v) is 3.32. The Bertz CT molecular complexity index is 676. The summed E-state index contributed by atoms with van der Waals surface area (Å²) >= 11 is 0. The molecule has 0 spiro atoms. The number of methoxy groups -OCH3 is 2. The van der Waals surface area contributed by atoms with Gasteiger partial charge >= 0.3 is 0 Å². The van der Waals surface area contributed by atoms with Crippen molar-refractivity contribution in [2.45, 2.75) is 39.7 Å². The van der Waals surface area contributed by atoms with Gasteiger partial charge in [0.05, 0.1) is 14.2 Å². The third kappa shape index (κ3) is 6.04. The van der Waals surface area contributed by atoms with Gasteiger partial charge in [-0.1, -0.05) is 13.8 Å². The maximum Gasteiger partial charge on any atom is 0.225 e. The number of guanidine groups is 1. The second kappa shape index (κ2) is 10.8. The Labute approximate surface area is 168 Å². The van der Waals surface area contributed by atoms with E-state index in [2.05, 4.69) is 10.6 Å². The van der Waals surface area contributed by atoms with E-state index in [0.29, 0.717) is 6.54 Å². The largest absolute Gasteiger partial charge is 0.497 e. The molecule has 0 aliphatic carbocycles. The van der Waals surface area contributed by atoms with Crippen LogP contribution in [0.3, 0.4) is 0 Å². The van der Waals surface area contributed by atoms with E-state index in [0.717, 1.165) is 55.5 Å². The van der Waals surface area contributed by atoms with Crippen molar-refractivity contribution in [1.82, 2.24) is 15.5 Å². The van der Waals surface area contributed by atoms with Crippen LogP contribution in [0, 0.1) is 5.92 Å². The summed E-state index contributed by atoms with van der Waals surface area (Å²) in [4.78, 5) is 18.8. The Morgan fingerprint density at radius 1 is 1.32 bits per heavy atom. The Kier molecular flexibility index (Phi) is 8.42. The number of amides is 1. The molecule has 0 bridgehead atoms. The maximum absolute atomic E-state index is 12.2. The summed E-state index contributed by atoms with van der Waals surface area (Å²) in [6, 6.07) is 6.02. The van der Waals surface area contributed by atoms with Gasteiger partial charge in [-0.25, -0.2) is 0 Å². The van der Waals surface area contributed by atoms with E-state index in [9.17, 15) is 4.79 Å². The van der Waals surface area contributed by atoms with Gasteiger partial charge < -0.3 is 25.0 Å². The van der Waals surface area contributed by atoms with Crippen LogP contribution in [0.25, 0.3) is 0 Å². The zero-order valence-corrected chi connectivity index (χ0v) is 17.7. The summed E-state index contributed by atoms with van der Waals surface area (Å²) in [6.07, 6.45) is 1.69. The highest BCUT2D eigenvalue weighted by molar-refractivity contribution is 5.81. The number of aliphatic imine (C=N–C) groups is 1. The zero-order chi connectivity index (χ0) is 20.5. The molecule has 1 aromatic rings. The molecule has 1 heterocycles. The van der Waals surface area contributed by atoms with Crippen LogP contribution in [0.4, 0.5) is 0 Å². The van der Waals surface area contributed by atoms with Crippen LogP contribution < -0.4 is 20.1 Å². The van der Waals surface area contributed by atoms with E-state index in [-0.39, 0.29) is 17.9 Å². The number of rotatable bonds is 8. The van der Waals surface area contributed by atoms with E-state index in [4.69, 9.17) is 14.5 Å². The molecule has 156 valence electrons. The summed E-state index contributed by atoms with van der Waals surface area (Å²) in [5.41, 5.74) is 1.07. The van der Waals surface area contributed by atoms with Gasteiger partial charge in [0.25, 0.3) is 0 Å². The first-order chi connectivity index (χ1) is 13.5. The summed E-state index contributed by atoms with van der Waals surface area (Å²) in [7, 11) is 3.33. The van der Waals surface area contributed by atoms with Crippen molar-refractivity contribution in [2.75, 3.05) is 40.4 Å². The van der Waals surface area contributed by atoms with Gasteiger partial charge in [0.2, 0.25) is 5.91 Å². The van der Waals surface area contributed by atoms with Gasteiger partial charge in [-0.05, 0) is 43.5 Å². The lowest BCUT2D eigenvalue weighted by atomic mass is 10.1. The van der Waals surface area contributed by atoms with Gasteiger partial charge in [-0.2, -0.15) is 0 Å². The Balaban J connectivity index is 1.95. The van der Waals surface area contributed by atoms with E-state index < -0.39 is 0 Å². The lowest BCUT2D eigenvalue weighted by Crippen LogP contribution is -2.45. The molecule has 2 rings (SSSR count). The SMILES string of the molecule is CCNC(=NCCc1cc(OC)ccc1OC)NC1CCN(C(=O)C(C)C)C1. The number of hydrogen-bond donors (Lipinski definition) is 2. The van der Waals surface area contributed by atoms with Gasteiger partial charge in [0, 0.05) is 38.1 Å². The molecule has 7 heteroatoms. The number of nitrogens with zero attached hydrogens (tertiary/aromatic N) is 2. The summed E-state index contributed by atoms with van der Waals surface area (Å²) in [5.74, 6) is 2.70. The number of carbonyl (C=O) groups excluding carboxylic acids is 1. The molecule has 1 saturated heterocycles. The zero-order valence-electron chi connectivity index (χ0n) is 17.7. The highest BCUT2D eigenvalue weighted by atomic mass is 16.5. The van der Waals surface area contributed by atoms with Crippen LogP contribution in [0.5, 0.6) is 11.5 Å². The van der Waals surface area contributed by atoms with Crippen molar-refractivity contribution < 1.29 is 14.3 Å². The molecular formula is C21H34N4O3. The molecule has 1 fully saturated rings. The van der Waals surface area contributed by atoms with E-state index in [1.807, 2.05) is 43.9 Å². The Morgan fingerprint density at radius 3 is 2.75 bits per heavy atom. The summed E-state index contributed by atoms with van der Waals surface area (Å²) < 4.78 is 10.7. The predicted molar refractivity (Wildman–Crippen MR) is 112 cm³/mol. The molecule has 1 aliphatic rings. The number of nitrogens with one attached hydrogen (secondary N) is 2. The van der Waals surface area contributed by atoms with Crippen LogP contribution in [0.2, 0.25) is 0 Å². The van der Waals surface area contributed by atoms with Crippen molar-refractivity contribution in [3.63, 3.8) is 0 Å². The standard InChI is InChI=1S/C21H34N4O3/c1-6-22-21(24-17-10-12-25(14-17)20(26)15(2)3)23-11-9-16-13-18(27-4)7-8-19(16)28-5/h7-8,13,15,17H,6,9-12,14H2,1-5H3,(H2,22,23,24). The van der Waals surface area contributed by atoms with Crippen LogP contribution in [0.15, 0.2) is 23.2 Å². The average Bonchev–Trinajstić information content (AvgIpc) is 3.15. The van der Waals surface area contributed by atoms with Crippen molar-refractivity contribution in [3.05, 3.63) is 23.8 Å². The number of hydrogen-bond acceptors (Lipinski definition) is 4.